The third-order valence-corrected chi connectivity index (χ3v) is 3.23. The van der Waals surface area contributed by atoms with Crippen molar-refractivity contribution in [1.29, 1.82) is 0 Å². The maximum Gasteiger partial charge on any atom is 0.253 e. The van der Waals surface area contributed by atoms with Gasteiger partial charge in [-0.15, -0.1) is 0 Å². The highest BCUT2D eigenvalue weighted by atomic mass is 16.2. The van der Waals surface area contributed by atoms with Crippen LogP contribution in [0.25, 0.3) is 0 Å². The van der Waals surface area contributed by atoms with Gasteiger partial charge in [-0.05, 0) is 24.0 Å². The van der Waals surface area contributed by atoms with E-state index < -0.39 is 0 Å². The van der Waals surface area contributed by atoms with Gasteiger partial charge in [0.15, 0.2) is 0 Å². The number of rotatable bonds is 5. The molecule has 0 saturated carbocycles. The summed E-state index contributed by atoms with van der Waals surface area (Å²) < 4.78 is 0. The summed E-state index contributed by atoms with van der Waals surface area (Å²) in [5.74, 6) is 1.05. The van der Waals surface area contributed by atoms with Crippen molar-refractivity contribution in [1.82, 2.24) is 9.88 Å². The Morgan fingerprint density at radius 2 is 1.67 bits per heavy atom. The highest BCUT2D eigenvalue weighted by Gasteiger charge is 2.21. The summed E-state index contributed by atoms with van der Waals surface area (Å²) in [5.41, 5.74) is 1.66. The quantitative estimate of drug-likeness (QED) is 0.816. The number of carbonyl (C=O) groups is 1. The van der Waals surface area contributed by atoms with Crippen molar-refractivity contribution < 1.29 is 4.79 Å². The molecular weight excluding hydrogens is 260 g/mol. The second-order valence-corrected chi connectivity index (χ2v) is 7.68. The van der Waals surface area contributed by atoms with E-state index in [-0.39, 0.29) is 11.3 Å². The number of carbonyl (C=O) groups excluding carboxylic acids is 1. The summed E-state index contributed by atoms with van der Waals surface area (Å²) in [6.45, 7) is 16.5. The summed E-state index contributed by atoms with van der Waals surface area (Å²) in [6, 6.07) is 3.77. The number of hydrogen-bond donors (Lipinski definition) is 0. The standard InChI is InChI=1S/C18H30N2O/c1-13(2)11-20(12-14(3)4)17(21)15-8-9-19-16(10-15)18(5,6)7/h8-10,13-14H,11-12H2,1-7H3. The number of pyridine rings is 1. The molecule has 0 atom stereocenters. The van der Waals surface area contributed by atoms with Crippen molar-refractivity contribution in [3.05, 3.63) is 29.6 Å². The number of aromatic nitrogens is 1. The van der Waals surface area contributed by atoms with E-state index in [0.717, 1.165) is 24.3 Å². The SMILES string of the molecule is CC(C)CN(CC(C)C)C(=O)c1ccnc(C(C)(C)C)c1. The van der Waals surface area contributed by atoms with Gasteiger partial charge in [0, 0.05) is 36.0 Å². The first-order valence-electron chi connectivity index (χ1n) is 7.87. The van der Waals surface area contributed by atoms with E-state index in [2.05, 4.69) is 53.5 Å². The Bertz CT molecular complexity index is 462. The van der Waals surface area contributed by atoms with Crippen LogP contribution in [0.1, 0.15) is 64.5 Å². The van der Waals surface area contributed by atoms with E-state index in [4.69, 9.17) is 0 Å². The molecule has 0 aliphatic heterocycles. The van der Waals surface area contributed by atoms with Crippen LogP contribution in [0.2, 0.25) is 0 Å². The lowest BCUT2D eigenvalue weighted by Crippen LogP contribution is -2.37. The van der Waals surface area contributed by atoms with Gasteiger partial charge in [-0.25, -0.2) is 0 Å². The van der Waals surface area contributed by atoms with Gasteiger partial charge in [0.2, 0.25) is 0 Å². The first-order chi connectivity index (χ1) is 9.61. The number of amides is 1. The molecule has 0 spiro atoms. The summed E-state index contributed by atoms with van der Waals surface area (Å²) in [5, 5.41) is 0. The largest absolute Gasteiger partial charge is 0.338 e. The average Bonchev–Trinajstić information content (AvgIpc) is 2.35. The van der Waals surface area contributed by atoms with Gasteiger partial charge in [0.1, 0.15) is 0 Å². The molecule has 0 aliphatic rings. The third kappa shape index (κ3) is 5.49. The number of hydrogen-bond acceptors (Lipinski definition) is 2. The normalized spacial score (nSPS) is 12.0. The van der Waals surface area contributed by atoms with Crippen molar-refractivity contribution in [2.75, 3.05) is 13.1 Å². The van der Waals surface area contributed by atoms with E-state index in [1.54, 1.807) is 6.20 Å². The van der Waals surface area contributed by atoms with Crippen LogP contribution in [0.3, 0.4) is 0 Å². The second-order valence-electron chi connectivity index (χ2n) is 7.68. The molecule has 3 heteroatoms. The molecule has 0 fully saturated rings. The minimum atomic E-state index is -0.0444. The van der Waals surface area contributed by atoms with Gasteiger partial charge in [-0.3, -0.25) is 9.78 Å². The van der Waals surface area contributed by atoms with Gasteiger partial charge in [0.05, 0.1) is 0 Å². The predicted molar refractivity (Wildman–Crippen MR) is 88.5 cm³/mol. The molecule has 0 N–H and O–H groups in total. The Balaban J connectivity index is 3.03. The maximum atomic E-state index is 12.8. The van der Waals surface area contributed by atoms with Crippen LogP contribution in [0.5, 0.6) is 0 Å². The van der Waals surface area contributed by atoms with E-state index in [9.17, 15) is 4.79 Å². The van der Waals surface area contributed by atoms with Gasteiger partial charge in [-0.2, -0.15) is 0 Å². The Hall–Kier alpha value is -1.38. The van der Waals surface area contributed by atoms with E-state index >= 15 is 0 Å². The first-order valence-corrected chi connectivity index (χ1v) is 7.87. The first kappa shape index (κ1) is 17.7. The molecule has 0 saturated heterocycles. The fourth-order valence-electron chi connectivity index (χ4n) is 2.28. The molecule has 0 bridgehead atoms. The van der Waals surface area contributed by atoms with E-state index in [1.165, 1.54) is 0 Å². The predicted octanol–water partition coefficient (Wildman–Crippen LogP) is 4.13. The van der Waals surface area contributed by atoms with Gasteiger partial charge >= 0.3 is 0 Å². The lowest BCUT2D eigenvalue weighted by atomic mass is 9.90. The van der Waals surface area contributed by atoms with Crippen LogP contribution in [0.15, 0.2) is 18.3 Å². The highest BCUT2D eigenvalue weighted by molar-refractivity contribution is 5.94. The molecule has 0 aliphatic carbocycles. The summed E-state index contributed by atoms with van der Waals surface area (Å²) in [4.78, 5) is 19.2. The lowest BCUT2D eigenvalue weighted by Gasteiger charge is -2.27. The topological polar surface area (TPSA) is 33.2 Å². The van der Waals surface area contributed by atoms with E-state index in [1.807, 2.05) is 17.0 Å². The van der Waals surface area contributed by atoms with Crippen molar-refractivity contribution in [2.45, 2.75) is 53.9 Å². The minimum Gasteiger partial charge on any atom is -0.338 e. The molecule has 1 aromatic heterocycles. The minimum absolute atomic E-state index is 0.0444. The Labute approximate surface area is 129 Å². The molecule has 21 heavy (non-hydrogen) atoms. The molecule has 1 amide bonds. The smallest absolute Gasteiger partial charge is 0.253 e. The van der Waals surface area contributed by atoms with Gasteiger partial charge < -0.3 is 4.90 Å². The molecule has 0 aromatic carbocycles. The summed E-state index contributed by atoms with van der Waals surface area (Å²) in [6.07, 6.45) is 1.75. The molecule has 0 radical (unpaired) electrons. The van der Waals surface area contributed by atoms with Crippen molar-refractivity contribution in [2.24, 2.45) is 11.8 Å². The molecular formula is C18H30N2O. The monoisotopic (exact) mass is 290 g/mol. The number of nitrogens with zero attached hydrogens (tertiary/aromatic N) is 2. The Morgan fingerprint density at radius 1 is 1.14 bits per heavy atom. The van der Waals surface area contributed by atoms with Crippen molar-refractivity contribution >= 4 is 5.91 Å². The van der Waals surface area contributed by atoms with Gasteiger partial charge in [0.25, 0.3) is 5.91 Å². The van der Waals surface area contributed by atoms with Crippen LogP contribution < -0.4 is 0 Å². The molecule has 0 unspecified atom stereocenters. The van der Waals surface area contributed by atoms with Crippen LogP contribution in [-0.4, -0.2) is 28.9 Å². The lowest BCUT2D eigenvalue weighted by molar-refractivity contribution is 0.0715. The van der Waals surface area contributed by atoms with Crippen molar-refractivity contribution in [3.63, 3.8) is 0 Å². The molecule has 1 rings (SSSR count). The van der Waals surface area contributed by atoms with Crippen LogP contribution in [0.4, 0.5) is 0 Å². The zero-order chi connectivity index (χ0) is 16.2. The Morgan fingerprint density at radius 3 is 2.10 bits per heavy atom. The average molecular weight is 290 g/mol. The maximum absolute atomic E-state index is 12.8. The zero-order valence-corrected chi connectivity index (χ0v) is 14.6. The zero-order valence-electron chi connectivity index (χ0n) is 14.6. The fraction of sp³-hybridized carbons (Fsp3) is 0.667. The van der Waals surface area contributed by atoms with E-state index in [0.29, 0.717) is 11.8 Å². The molecule has 3 nitrogen and oxygen atoms in total. The second kappa shape index (κ2) is 7.06. The highest BCUT2D eigenvalue weighted by Crippen LogP contribution is 2.21. The fourth-order valence-corrected chi connectivity index (χ4v) is 2.28. The summed E-state index contributed by atoms with van der Waals surface area (Å²) >= 11 is 0. The van der Waals surface area contributed by atoms with Crippen LogP contribution in [-0.2, 0) is 5.41 Å². The van der Waals surface area contributed by atoms with Crippen molar-refractivity contribution in [3.8, 4) is 0 Å². The third-order valence-electron chi connectivity index (χ3n) is 3.23. The van der Waals surface area contributed by atoms with Crippen LogP contribution >= 0.6 is 0 Å². The Kier molecular flexibility index (Phi) is 5.94. The van der Waals surface area contributed by atoms with Crippen LogP contribution in [0, 0.1) is 11.8 Å². The molecule has 1 aromatic rings. The molecule has 1 heterocycles. The van der Waals surface area contributed by atoms with Gasteiger partial charge in [-0.1, -0.05) is 48.5 Å². The molecule has 118 valence electrons. The summed E-state index contributed by atoms with van der Waals surface area (Å²) in [7, 11) is 0.